The van der Waals surface area contributed by atoms with Crippen molar-refractivity contribution in [2.24, 2.45) is 10.9 Å². The summed E-state index contributed by atoms with van der Waals surface area (Å²) in [6.45, 7) is 8.83. The molecular weight excluding hydrogens is 503 g/mol. The molecule has 0 bridgehead atoms. The first-order valence-corrected chi connectivity index (χ1v) is 11.7. The highest BCUT2D eigenvalue weighted by Gasteiger charge is 2.24. The molecule has 1 saturated heterocycles. The minimum absolute atomic E-state index is 0. The van der Waals surface area contributed by atoms with Crippen LogP contribution in [0.3, 0.4) is 0 Å². The summed E-state index contributed by atoms with van der Waals surface area (Å²) in [4.78, 5) is 4.75. The molecule has 29 heavy (non-hydrogen) atoms. The van der Waals surface area contributed by atoms with Gasteiger partial charge in [-0.3, -0.25) is 4.99 Å². The second kappa shape index (κ2) is 11.9. The van der Waals surface area contributed by atoms with E-state index >= 15 is 0 Å². The number of piperidine rings is 1. The largest absolute Gasteiger partial charge is 0.496 e. The maximum atomic E-state index is 11.6. The molecule has 1 atom stereocenters. The van der Waals surface area contributed by atoms with E-state index in [4.69, 9.17) is 9.73 Å². The molecule has 1 fully saturated rings. The van der Waals surface area contributed by atoms with Gasteiger partial charge >= 0.3 is 0 Å². The van der Waals surface area contributed by atoms with Crippen molar-refractivity contribution < 1.29 is 13.2 Å². The molecule has 1 aliphatic rings. The van der Waals surface area contributed by atoms with Gasteiger partial charge in [0.2, 0.25) is 10.0 Å². The first-order chi connectivity index (χ1) is 13.2. The molecular formula is C20H35IN4O3S. The maximum Gasteiger partial charge on any atom is 0.211 e. The van der Waals surface area contributed by atoms with Gasteiger partial charge in [-0.2, -0.15) is 0 Å². The number of nitrogens with zero attached hydrogens (tertiary/aromatic N) is 2. The number of sulfonamides is 1. The van der Waals surface area contributed by atoms with Gasteiger partial charge in [-0.15, -0.1) is 24.0 Å². The predicted molar refractivity (Wildman–Crippen MR) is 130 cm³/mol. The van der Waals surface area contributed by atoms with Gasteiger partial charge in [0.15, 0.2) is 5.96 Å². The molecule has 0 amide bonds. The molecule has 1 unspecified atom stereocenters. The minimum atomic E-state index is -3.08. The average molecular weight is 538 g/mol. The van der Waals surface area contributed by atoms with Crippen LogP contribution < -0.4 is 15.4 Å². The molecule has 0 saturated carbocycles. The average Bonchev–Trinajstić information content (AvgIpc) is 2.65. The van der Waals surface area contributed by atoms with Gasteiger partial charge in [-0.05, 0) is 45.6 Å². The zero-order chi connectivity index (χ0) is 20.7. The third-order valence-electron chi connectivity index (χ3n) is 5.10. The fourth-order valence-electron chi connectivity index (χ4n) is 3.44. The highest BCUT2D eigenvalue weighted by Crippen LogP contribution is 2.26. The van der Waals surface area contributed by atoms with E-state index in [-0.39, 0.29) is 30.0 Å². The number of hydrogen-bond donors (Lipinski definition) is 2. The summed E-state index contributed by atoms with van der Waals surface area (Å²) in [7, 11) is -1.40. The van der Waals surface area contributed by atoms with Crippen molar-refractivity contribution in [3.05, 3.63) is 29.3 Å². The molecule has 2 N–H and O–H groups in total. The van der Waals surface area contributed by atoms with Crippen molar-refractivity contribution in [2.45, 2.75) is 39.7 Å². The number of aliphatic imine (C=N–C) groups is 1. The molecule has 0 radical (unpaired) electrons. The Morgan fingerprint density at radius 2 is 2.00 bits per heavy atom. The van der Waals surface area contributed by atoms with Crippen molar-refractivity contribution in [2.75, 3.05) is 39.5 Å². The molecule has 1 heterocycles. The summed E-state index contributed by atoms with van der Waals surface area (Å²) >= 11 is 0. The molecule has 1 aliphatic heterocycles. The maximum absolute atomic E-state index is 11.6. The molecule has 0 aromatic heterocycles. The summed E-state index contributed by atoms with van der Waals surface area (Å²) in [5.74, 6) is 2.02. The van der Waals surface area contributed by atoms with Crippen molar-refractivity contribution in [1.82, 2.24) is 14.9 Å². The second-order valence-corrected chi connectivity index (χ2v) is 9.42. The van der Waals surface area contributed by atoms with Gasteiger partial charge in [0.1, 0.15) is 5.75 Å². The fraction of sp³-hybridized carbons (Fsp3) is 0.650. The van der Waals surface area contributed by atoms with Gasteiger partial charge in [0.05, 0.1) is 19.4 Å². The van der Waals surface area contributed by atoms with Crippen LogP contribution >= 0.6 is 24.0 Å². The monoisotopic (exact) mass is 538 g/mol. The Morgan fingerprint density at radius 3 is 2.55 bits per heavy atom. The van der Waals surface area contributed by atoms with Crippen LogP contribution in [0, 0.1) is 12.8 Å². The second-order valence-electron chi connectivity index (χ2n) is 7.44. The molecule has 1 aromatic rings. The Hall–Kier alpha value is -1.07. The Balaban J connectivity index is 0.00000420. The van der Waals surface area contributed by atoms with E-state index in [1.54, 1.807) is 11.4 Å². The zero-order valence-corrected chi connectivity index (χ0v) is 21.2. The Morgan fingerprint density at radius 1 is 1.34 bits per heavy atom. The van der Waals surface area contributed by atoms with Crippen molar-refractivity contribution in [3.8, 4) is 5.75 Å². The molecule has 0 spiro atoms. The lowest BCUT2D eigenvalue weighted by Crippen LogP contribution is -2.40. The lowest BCUT2D eigenvalue weighted by atomic mass is 9.98. The summed E-state index contributed by atoms with van der Waals surface area (Å²) in [5.41, 5.74) is 2.28. The zero-order valence-electron chi connectivity index (χ0n) is 18.1. The van der Waals surface area contributed by atoms with E-state index in [9.17, 15) is 8.42 Å². The minimum Gasteiger partial charge on any atom is -0.496 e. The first-order valence-electron chi connectivity index (χ1n) is 9.89. The first kappa shape index (κ1) is 26.0. The number of benzene rings is 1. The standard InChI is InChI=1S/C20H34N4O3S.HI/c1-6-21-20(22-14-17-9-11-24(12-10-17)28(5,25)26)23-16(3)18-13-15(2)7-8-19(18)27-4;/h7-8,13,16-17H,6,9-12,14H2,1-5H3,(H2,21,22,23);1H. The van der Waals surface area contributed by atoms with Crippen LogP contribution in [0.5, 0.6) is 5.75 Å². The van der Waals surface area contributed by atoms with Crippen LogP contribution in [0.1, 0.15) is 43.9 Å². The third kappa shape index (κ3) is 7.93. The molecule has 166 valence electrons. The summed E-state index contributed by atoms with van der Waals surface area (Å²) in [6, 6.07) is 6.19. The van der Waals surface area contributed by atoms with Gasteiger partial charge in [-0.25, -0.2) is 12.7 Å². The van der Waals surface area contributed by atoms with E-state index in [1.165, 1.54) is 11.8 Å². The SMILES string of the molecule is CCNC(=NCC1CCN(S(C)(=O)=O)CC1)NC(C)c1cc(C)ccc1OC.I. The Labute approximate surface area is 192 Å². The van der Waals surface area contributed by atoms with Gasteiger partial charge < -0.3 is 15.4 Å². The van der Waals surface area contributed by atoms with Crippen LogP contribution in [0.15, 0.2) is 23.2 Å². The smallest absolute Gasteiger partial charge is 0.211 e. The van der Waals surface area contributed by atoms with E-state index in [0.29, 0.717) is 25.6 Å². The third-order valence-corrected chi connectivity index (χ3v) is 6.40. The summed E-state index contributed by atoms with van der Waals surface area (Å²) < 4.78 is 30.3. The van der Waals surface area contributed by atoms with Crippen molar-refractivity contribution in [1.29, 1.82) is 0 Å². The normalized spacial score (nSPS) is 17.3. The number of halogens is 1. The van der Waals surface area contributed by atoms with Gasteiger partial charge in [-0.1, -0.05) is 17.7 Å². The molecule has 0 aliphatic carbocycles. The Kier molecular flexibility index (Phi) is 10.7. The van der Waals surface area contributed by atoms with Crippen LogP contribution in [0.4, 0.5) is 0 Å². The predicted octanol–water partition coefficient (Wildman–Crippen LogP) is 2.91. The highest BCUT2D eigenvalue weighted by molar-refractivity contribution is 14.0. The summed E-state index contributed by atoms with van der Waals surface area (Å²) in [6.07, 6.45) is 2.97. The summed E-state index contributed by atoms with van der Waals surface area (Å²) in [5, 5.41) is 6.76. The van der Waals surface area contributed by atoms with Crippen molar-refractivity contribution >= 4 is 40.0 Å². The van der Waals surface area contributed by atoms with Crippen LogP contribution in [-0.4, -0.2) is 58.2 Å². The molecule has 7 nitrogen and oxygen atoms in total. The van der Waals surface area contributed by atoms with E-state index < -0.39 is 10.0 Å². The number of methoxy groups -OCH3 is 1. The van der Waals surface area contributed by atoms with E-state index in [2.05, 4.69) is 30.5 Å². The molecule has 9 heteroatoms. The van der Waals surface area contributed by atoms with E-state index in [1.807, 2.05) is 19.1 Å². The number of aryl methyl sites for hydroxylation is 1. The lowest BCUT2D eigenvalue weighted by Gasteiger charge is -2.29. The number of hydrogen-bond acceptors (Lipinski definition) is 4. The highest BCUT2D eigenvalue weighted by atomic mass is 127. The van der Waals surface area contributed by atoms with Gasteiger partial charge in [0, 0.05) is 31.7 Å². The molecule has 1 aromatic carbocycles. The van der Waals surface area contributed by atoms with Crippen LogP contribution in [0.2, 0.25) is 0 Å². The number of ether oxygens (including phenoxy) is 1. The van der Waals surface area contributed by atoms with Gasteiger partial charge in [0.25, 0.3) is 0 Å². The molecule has 2 rings (SSSR count). The number of nitrogens with one attached hydrogen (secondary N) is 2. The topological polar surface area (TPSA) is 83.0 Å². The van der Waals surface area contributed by atoms with E-state index in [0.717, 1.165) is 36.7 Å². The van der Waals surface area contributed by atoms with Crippen molar-refractivity contribution in [3.63, 3.8) is 0 Å². The fourth-order valence-corrected chi connectivity index (χ4v) is 4.31. The Bertz CT molecular complexity index is 778. The number of rotatable bonds is 7. The van der Waals surface area contributed by atoms with Crippen LogP contribution in [-0.2, 0) is 10.0 Å². The quantitative estimate of drug-likeness (QED) is 0.317. The van der Waals surface area contributed by atoms with Crippen LogP contribution in [0.25, 0.3) is 0 Å². The number of guanidine groups is 1. The lowest BCUT2D eigenvalue weighted by molar-refractivity contribution is 0.280.